The molecule has 0 aliphatic carbocycles. The van der Waals surface area contributed by atoms with Gasteiger partial charge in [0.2, 0.25) is 0 Å². The van der Waals surface area contributed by atoms with E-state index in [4.69, 9.17) is 4.74 Å². The SMILES string of the molecule is COC(=O)C(C)(C)N(C)c1ccccc1F. The van der Waals surface area contributed by atoms with E-state index in [9.17, 15) is 9.18 Å². The molecule has 1 rings (SSSR count). The fourth-order valence-corrected chi connectivity index (χ4v) is 1.41. The first kappa shape index (κ1) is 12.5. The number of esters is 1. The van der Waals surface area contributed by atoms with Crippen molar-refractivity contribution in [2.24, 2.45) is 0 Å². The van der Waals surface area contributed by atoms with Gasteiger partial charge in [-0.2, -0.15) is 0 Å². The Kier molecular flexibility index (Phi) is 3.52. The van der Waals surface area contributed by atoms with Crippen molar-refractivity contribution < 1.29 is 13.9 Å². The molecule has 0 heterocycles. The van der Waals surface area contributed by atoms with Gasteiger partial charge in [-0.25, -0.2) is 9.18 Å². The molecule has 0 spiro atoms. The molecule has 0 aliphatic rings. The Morgan fingerprint density at radius 1 is 1.38 bits per heavy atom. The second-order valence-electron chi connectivity index (χ2n) is 4.06. The number of methoxy groups -OCH3 is 1. The van der Waals surface area contributed by atoms with Gasteiger partial charge in [0.25, 0.3) is 0 Å². The Bertz CT molecular complexity index is 390. The molecule has 0 unspecified atom stereocenters. The Balaban J connectivity index is 3.07. The number of carbonyl (C=O) groups is 1. The molecule has 0 saturated carbocycles. The summed E-state index contributed by atoms with van der Waals surface area (Å²) in [7, 11) is 2.98. The zero-order chi connectivity index (χ0) is 12.3. The van der Waals surface area contributed by atoms with Crippen LogP contribution in [0.15, 0.2) is 24.3 Å². The summed E-state index contributed by atoms with van der Waals surface area (Å²) in [6.45, 7) is 3.37. The van der Waals surface area contributed by atoms with Crippen LogP contribution in [0, 0.1) is 5.82 Å². The minimum atomic E-state index is -0.906. The van der Waals surface area contributed by atoms with E-state index in [1.165, 1.54) is 13.2 Å². The monoisotopic (exact) mass is 225 g/mol. The van der Waals surface area contributed by atoms with Crippen LogP contribution in [-0.2, 0) is 9.53 Å². The fourth-order valence-electron chi connectivity index (χ4n) is 1.41. The number of nitrogens with zero attached hydrogens (tertiary/aromatic N) is 1. The van der Waals surface area contributed by atoms with E-state index in [2.05, 4.69) is 0 Å². The lowest BCUT2D eigenvalue weighted by Gasteiger charge is -2.34. The van der Waals surface area contributed by atoms with Gasteiger partial charge in [0.15, 0.2) is 0 Å². The van der Waals surface area contributed by atoms with Gasteiger partial charge in [-0.3, -0.25) is 0 Å². The number of likely N-dealkylation sites (N-methyl/N-ethyl adjacent to an activating group) is 1. The van der Waals surface area contributed by atoms with E-state index in [0.717, 1.165) is 0 Å². The van der Waals surface area contributed by atoms with Crippen LogP contribution in [-0.4, -0.2) is 25.7 Å². The summed E-state index contributed by atoms with van der Waals surface area (Å²) in [5.41, 5.74) is -0.533. The van der Waals surface area contributed by atoms with Crippen LogP contribution >= 0.6 is 0 Å². The third kappa shape index (κ3) is 2.15. The number of hydrogen-bond acceptors (Lipinski definition) is 3. The highest BCUT2D eigenvalue weighted by atomic mass is 19.1. The molecule has 0 atom stereocenters. The first-order valence-corrected chi connectivity index (χ1v) is 4.98. The van der Waals surface area contributed by atoms with Crippen molar-refractivity contribution in [1.82, 2.24) is 0 Å². The van der Waals surface area contributed by atoms with Gasteiger partial charge >= 0.3 is 5.97 Å². The summed E-state index contributed by atoms with van der Waals surface area (Å²) in [6.07, 6.45) is 0. The van der Waals surface area contributed by atoms with E-state index >= 15 is 0 Å². The second kappa shape index (κ2) is 4.51. The van der Waals surface area contributed by atoms with Gasteiger partial charge in [0, 0.05) is 7.05 Å². The summed E-state index contributed by atoms with van der Waals surface area (Å²) in [5, 5.41) is 0. The Hall–Kier alpha value is -1.58. The zero-order valence-corrected chi connectivity index (χ0v) is 9.95. The molecule has 1 aromatic carbocycles. The molecule has 0 amide bonds. The molecule has 0 N–H and O–H groups in total. The number of rotatable bonds is 3. The average molecular weight is 225 g/mol. The Labute approximate surface area is 94.8 Å². The van der Waals surface area contributed by atoms with Gasteiger partial charge in [-0.05, 0) is 26.0 Å². The lowest BCUT2D eigenvalue weighted by Crippen LogP contribution is -2.49. The second-order valence-corrected chi connectivity index (χ2v) is 4.06. The molecule has 0 aliphatic heterocycles. The highest BCUT2D eigenvalue weighted by Gasteiger charge is 2.34. The van der Waals surface area contributed by atoms with Crippen molar-refractivity contribution in [3.05, 3.63) is 30.1 Å². The van der Waals surface area contributed by atoms with Crippen molar-refractivity contribution in [2.75, 3.05) is 19.1 Å². The van der Waals surface area contributed by atoms with Crippen molar-refractivity contribution >= 4 is 11.7 Å². The quantitative estimate of drug-likeness (QED) is 0.739. The molecule has 1 aromatic rings. The zero-order valence-electron chi connectivity index (χ0n) is 9.95. The first-order valence-electron chi connectivity index (χ1n) is 4.98. The van der Waals surface area contributed by atoms with Crippen LogP contribution in [0.2, 0.25) is 0 Å². The average Bonchev–Trinajstić information content (AvgIpc) is 2.27. The topological polar surface area (TPSA) is 29.5 Å². The van der Waals surface area contributed by atoms with Gasteiger partial charge in [0.05, 0.1) is 12.8 Å². The lowest BCUT2D eigenvalue weighted by atomic mass is 10.0. The minimum absolute atomic E-state index is 0.359. The van der Waals surface area contributed by atoms with Crippen LogP contribution in [0.3, 0.4) is 0 Å². The summed E-state index contributed by atoms with van der Waals surface area (Å²) < 4.78 is 18.2. The molecule has 0 fully saturated rings. The number of ether oxygens (including phenoxy) is 1. The van der Waals surface area contributed by atoms with E-state index < -0.39 is 11.5 Å². The Morgan fingerprint density at radius 3 is 2.44 bits per heavy atom. The largest absolute Gasteiger partial charge is 0.467 e. The van der Waals surface area contributed by atoms with Gasteiger partial charge < -0.3 is 9.64 Å². The van der Waals surface area contributed by atoms with Gasteiger partial charge in [0.1, 0.15) is 11.4 Å². The number of para-hydroxylation sites is 1. The summed E-state index contributed by atoms with van der Waals surface area (Å²) >= 11 is 0. The highest BCUT2D eigenvalue weighted by Crippen LogP contribution is 2.25. The van der Waals surface area contributed by atoms with Gasteiger partial charge in [-0.1, -0.05) is 12.1 Å². The third-order valence-electron chi connectivity index (χ3n) is 2.74. The third-order valence-corrected chi connectivity index (χ3v) is 2.74. The van der Waals surface area contributed by atoms with Crippen molar-refractivity contribution in [3.8, 4) is 0 Å². The molecule has 16 heavy (non-hydrogen) atoms. The fraction of sp³-hybridized carbons (Fsp3) is 0.417. The maximum Gasteiger partial charge on any atom is 0.331 e. The predicted molar refractivity (Wildman–Crippen MR) is 60.9 cm³/mol. The standard InChI is InChI=1S/C12H16FNO2/c1-12(2,11(15)16-4)14(3)10-8-6-5-7-9(10)13/h5-8H,1-4H3. The maximum absolute atomic E-state index is 13.5. The normalized spacial score (nSPS) is 11.1. The van der Waals surface area contributed by atoms with Crippen LogP contribution in [0.5, 0.6) is 0 Å². The van der Waals surface area contributed by atoms with E-state index in [1.54, 1.807) is 44.0 Å². The number of benzene rings is 1. The molecule has 88 valence electrons. The summed E-state index contributed by atoms with van der Waals surface area (Å²) in [5.74, 6) is -0.764. The van der Waals surface area contributed by atoms with Crippen molar-refractivity contribution in [1.29, 1.82) is 0 Å². The molecular weight excluding hydrogens is 209 g/mol. The number of carbonyl (C=O) groups excluding carboxylic acids is 1. The van der Waals surface area contributed by atoms with Gasteiger partial charge in [-0.15, -0.1) is 0 Å². The number of anilines is 1. The van der Waals surface area contributed by atoms with Crippen LogP contribution in [0.25, 0.3) is 0 Å². The Morgan fingerprint density at radius 2 is 1.94 bits per heavy atom. The van der Waals surface area contributed by atoms with E-state index in [-0.39, 0.29) is 5.82 Å². The van der Waals surface area contributed by atoms with Crippen LogP contribution in [0.4, 0.5) is 10.1 Å². The molecule has 3 nitrogen and oxygen atoms in total. The predicted octanol–water partition coefficient (Wildman–Crippen LogP) is 2.21. The molecule has 0 radical (unpaired) electrons. The number of halogens is 1. The minimum Gasteiger partial charge on any atom is -0.467 e. The van der Waals surface area contributed by atoms with Crippen LogP contribution < -0.4 is 4.90 Å². The summed E-state index contributed by atoms with van der Waals surface area (Å²) in [4.78, 5) is 13.1. The molecule has 0 aromatic heterocycles. The van der Waals surface area contributed by atoms with E-state index in [1.807, 2.05) is 0 Å². The first-order chi connectivity index (χ1) is 7.41. The lowest BCUT2D eigenvalue weighted by molar-refractivity contribution is -0.145. The summed E-state index contributed by atoms with van der Waals surface area (Å²) in [6, 6.07) is 6.32. The smallest absolute Gasteiger partial charge is 0.331 e. The molecule has 0 saturated heterocycles. The number of hydrogen-bond donors (Lipinski definition) is 0. The molecule has 0 bridgehead atoms. The molecule has 4 heteroatoms. The van der Waals surface area contributed by atoms with E-state index in [0.29, 0.717) is 5.69 Å². The van der Waals surface area contributed by atoms with Crippen molar-refractivity contribution in [2.45, 2.75) is 19.4 Å². The molecular formula is C12H16FNO2. The van der Waals surface area contributed by atoms with Crippen LogP contribution in [0.1, 0.15) is 13.8 Å². The maximum atomic E-state index is 13.5. The van der Waals surface area contributed by atoms with Crippen molar-refractivity contribution in [3.63, 3.8) is 0 Å². The highest BCUT2D eigenvalue weighted by molar-refractivity contribution is 5.84.